The average molecular weight is 412 g/mol. The Morgan fingerprint density at radius 3 is 2.55 bits per heavy atom. The van der Waals surface area contributed by atoms with Gasteiger partial charge in [0.25, 0.3) is 5.91 Å². The van der Waals surface area contributed by atoms with E-state index in [0.717, 1.165) is 17.9 Å². The number of esters is 1. The van der Waals surface area contributed by atoms with E-state index < -0.39 is 5.97 Å². The lowest BCUT2D eigenvalue weighted by atomic mass is 10.1. The van der Waals surface area contributed by atoms with Gasteiger partial charge in [-0.1, -0.05) is 44.7 Å². The molecular weight excluding hydrogens is 382 g/mol. The van der Waals surface area contributed by atoms with Crippen molar-refractivity contribution in [2.75, 3.05) is 24.3 Å². The second-order valence-corrected chi connectivity index (χ2v) is 8.47. The largest absolute Gasteiger partial charge is 0.465 e. The van der Waals surface area contributed by atoms with Crippen LogP contribution in [0, 0.1) is 0 Å². The number of amides is 1. The Balaban J connectivity index is 1.67. The van der Waals surface area contributed by atoms with E-state index in [9.17, 15) is 9.59 Å². The molecule has 1 aliphatic rings. The Hall–Kier alpha value is -2.27. The number of carbonyl (C=O) groups is 2. The normalized spacial score (nSPS) is 12.7. The van der Waals surface area contributed by atoms with Gasteiger partial charge in [0.1, 0.15) is 0 Å². The number of carbonyl (C=O) groups excluding carboxylic acids is 2. The number of rotatable bonds is 9. The molecule has 0 fully saturated rings. The van der Waals surface area contributed by atoms with E-state index in [0.29, 0.717) is 17.7 Å². The highest BCUT2D eigenvalue weighted by molar-refractivity contribution is 7.99. The molecule has 0 bridgehead atoms. The molecule has 1 aliphatic heterocycles. The third-order valence-corrected chi connectivity index (χ3v) is 6.35. The van der Waals surface area contributed by atoms with E-state index in [2.05, 4.69) is 19.1 Å². The lowest BCUT2D eigenvalue weighted by molar-refractivity contribution is 0.0597. The van der Waals surface area contributed by atoms with Crippen LogP contribution in [0.2, 0.25) is 0 Å². The number of ether oxygens (including phenoxy) is 1. The minimum Gasteiger partial charge on any atom is -0.465 e. The van der Waals surface area contributed by atoms with Crippen molar-refractivity contribution in [3.05, 3.63) is 59.2 Å². The Bertz CT molecular complexity index is 865. The Morgan fingerprint density at radius 1 is 1.03 bits per heavy atom. The van der Waals surface area contributed by atoms with Crippen molar-refractivity contribution in [2.45, 2.75) is 50.3 Å². The first-order chi connectivity index (χ1) is 14.2. The molecule has 0 radical (unpaired) electrons. The molecule has 1 heterocycles. The molecular formula is C24H29NO3S. The molecule has 2 aromatic rings. The van der Waals surface area contributed by atoms with Crippen LogP contribution in [0.15, 0.2) is 47.4 Å². The summed E-state index contributed by atoms with van der Waals surface area (Å²) in [6.07, 6.45) is 7.31. The minimum atomic E-state index is -0.487. The summed E-state index contributed by atoms with van der Waals surface area (Å²) >= 11 is 1.90. The molecule has 0 atom stereocenters. The van der Waals surface area contributed by atoms with Crippen molar-refractivity contribution >= 4 is 29.3 Å². The summed E-state index contributed by atoms with van der Waals surface area (Å²) in [5, 5.41) is 0. The Kier molecular flexibility index (Phi) is 7.76. The third kappa shape index (κ3) is 5.21. The highest BCUT2D eigenvalue weighted by Gasteiger charge is 2.28. The van der Waals surface area contributed by atoms with Crippen LogP contribution >= 0.6 is 11.8 Å². The first kappa shape index (κ1) is 21.4. The molecule has 5 heteroatoms. The molecule has 0 aromatic heterocycles. The number of thioether (sulfide) groups is 1. The predicted octanol–water partition coefficient (Wildman–Crippen LogP) is 5.74. The van der Waals surface area contributed by atoms with Gasteiger partial charge in [-0.3, -0.25) is 4.79 Å². The zero-order chi connectivity index (χ0) is 20.6. The molecule has 0 saturated heterocycles. The predicted molar refractivity (Wildman–Crippen MR) is 119 cm³/mol. The van der Waals surface area contributed by atoms with Crippen molar-refractivity contribution in [2.24, 2.45) is 0 Å². The summed E-state index contributed by atoms with van der Waals surface area (Å²) in [6, 6.07) is 13.2. The summed E-state index contributed by atoms with van der Waals surface area (Å²) in [7, 11) is 1.33. The monoisotopic (exact) mass is 411 g/mol. The van der Waals surface area contributed by atoms with Gasteiger partial charge in [0.15, 0.2) is 0 Å². The van der Waals surface area contributed by atoms with Crippen molar-refractivity contribution in [3.8, 4) is 0 Å². The van der Waals surface area contributed by atoms with Crippen molar-refractivity contribution in [3.63, 3.8) is 0 Å². The van der Waals surface area contributed by atoms with Crippen LogP contribution in [0.4, 0.5) is 5.69 Å². The van der Waals surface area contributed by atoms with E-state index in [1.54, 1.807) is 29.2 Å². The number of unbranched alkanes of at least 4 members (excludes halogenated alkanes) is 4. The first-order valence-electron chi connectivity index (χ1n) is 10.4. The van der Waals surface area contributed by atoms with Crippen LogP contribution < -0.4 is 4.90 Å². The van der Waals surface area contributed by atoms with Gasteiger partial charge in [0.05, 0.1) is 18.2 Å². The van der Waals surface area contributed by atoms with Gasteiger partial charge in [-0.15, -0.1) is 11.8 Å². The molecule has 0 saturated carbocycles. The summed E-state index contributed by atoms with van der Waals surface area (Å²) in [5.41, 5.74) is 2.84. The van der Waals surface area contributed by atoms with Gasteiger partial charge in [-0.25, -0.2) is 4.79 Å². The van der Waals surface area contributed by atoms with Crippen LogP contribution in [-0.2, 0) is 11.2 Å². The summed E-state index contributed by atoms with van der Waals surface area (Å²) < 4.78 is 4.83. The molecule has 0 aliphatic carbocycles. The zero-order valence-electron chi connectivity index (χ0n) is 17.3. The molecule has 4 nitrogen and oxygen atoms in total. The van der Waals surface area contributed by atoms with Crippen molar-refractivity contribution in [1.82, 2.24) is 0 Å². The molecule has 154 valence electrons. The Morgan fingerprint density at radius 2 is 1.79 bits per heavy atom. The maximum Gasteiger partial charge on any atom is 0.338 e. The SMILES string of the molecule is CCCCCCCSc1ccc2c(c1)CCN2C(=O)c1ccccc1C(=O)OC. The second-order valence-electron chi connectivity index (χ2n) is 7.30. The molecule has 2 aromatic carbocycles. The molecule has 0 N–H and O–H groups in total. The summed E-state index contributed by atoms with van der Waals surface area (Å²) in [5.74, 6) is 0.498. The first-order valence-corrected chi connectivity index (χ1v) is 11.4. The van der Waals surface area contributed by atoms with E-state index >= 15 is 0 Å². The number of methoxy groups -OCH3 is 1. The van der Waals surface area contributed by atoms with E-state index in [1.165, 1.54) is 49.7 Å². The average Bonchev–Trinajstić information content (AvgIpc) is 3.18. The van der Waals surface area contributed by atoms with Crippen LogP contribution in [0.25, 0.3) is 0 Å². The molecule has 0 spiro atoms. The van der Waals surface area contributed by atoms with Crippen molar-refractivity contribution in [1.29, 1.82) is 0 Å². The number of benzene rings is 2. The lowest BCUT2D eigenvalue weighted by Crippen LogP contribution is -2.30. The Labute approximate surface area is 177 Å². The summed E-state index contributed by atoms with van der Waals surface area (Å²) in [6.45, 7) is 2.87. The third-order valence-electron chi connectivity index (χ3n) is 5.27. The molecule has 3 rings (SSSR count). The molecule has 0 unspecified atom stereocenters. The molecule has 1 amide bonds. The second kappa shape index (κ2) is 10.5. The maximum atomic E-state index is 13.1. The summed E-state index contributed by atoms with van der Waals surface area (Å²) in [4.78, 5) is 28.2. The standard InChI is InChI=1S/C24H29NO3S/c1-3-4-5-6-9-16-29-19-12-13-22-18(17-19)14-15-25(22)23(26)20-10-7-8-11-21(20)24(27)28-2/h7-8,10-13,17H,3-6,9,14-16H2,1-2H3. The van der Waals surface area contributed by atoms with Crippen LogP contribution in [0.1, 0.15) is 65.3 Å². The number of hydrogen-bond donors (Lipinski definition) is 0. The van der Waals surface area contributed by atoms with E-state index in [1.807, 2.05) is 17.8 Å². The van der Waals surface area contributed by atoms with Gasteiger partial charge in [0.2, 0.25) is 0 Å². The fourth-order valence-electron chi connectivity index (χ4n) is 3.68. The highest BCUT2D eigenvalue weighted by atomic mass is 32.2. The number of nitrogens with zero attached hydrogens (tertiary/aromatic N) is 1. The smallest absolute Gasteiger partial charge is 0.338 e. The minimum absolute atomic E-state index is 0.152. The quantitative estimate of drug-likeness (QED) is 0.300. The lowest BCUT2D eigenvalue weighted by Gasteiger charge is -2.19. The fourth-order valence-corrected chi connectivity index (χ4v) is 4.65. The van der Waals surface area contributed by atoms with Crippen LogP contribution in [-0.4, -0.2) is 31.3 Å². The highest BCUT2D eigenvalue weighted by Crippen LogP contribution is 2.33. The van der Waals surface area contributed by atoms with Crippen molar-refractivity contribution < 1.29 is 14.3 Å². The van der Waals surface area contributed by atoms with Gasteiger partial charge in [-0.2, -0.15) is 0 Å². The van der Waals surface area contributed by atoms with E-state index in [4.69, 9.17) is 4.74 Å². The number of anilines is 1. The number of hydrogen-bond acceptors (Lipinski definition) is 4. The topological polar surface area (TPSA) is 46.6 Å². The fraction of sp³-hybridized carbons (Fsp3) is 0.417. The van der Waals surface area contributed by atoms with Crippen LogP contribution in [0.5, 0.6) is 0 Å². The van der Waals surface area contributed by atoms with Gasteiger partial charge >= 0.3 is 5.97 Å². The van der Waals surface area contributed by atoms with Gasteiger partial charge in [0, 0.05) is 17.1 Å². The zero-order valence-corrected chi connectivity index (χ0v) is 18.1. The van der Waals surface area contributed by atoms with E-state index in [-0.39, 0.29) is 5.91 Å². The maximum absolute atomic E-state index is 13.1. The van der Waals surface area contributed by atoms with Gasteiger partial charge in [-0.05, 0) is 54.5 Å². The molecule has 29 heavy (non-hydrogen) atoms. The number of fused-ring (bicyclic) bond motifs is 1. The van der Waals surface area contributed by atoms with Gasteiger partial charge < -0.3 is 9.64 Å². The van der Waals surface area contributed by atoms with Crippen LogP contribution in [0.3, 0.4) is 0 Å².